The maximum Gasteiger partial charge on any atom is 0.316 e. The normalized spacial score (nSPS) is 14.1. The van der Waals surface area contributed by atoms with Gasteiger partial charge in [-0.3, -0.25) is 14.5 Å². The van der Waals surface area contributed by atoms with Crippen molar-refractivity contribution in [2.24, 2.45) is 0 Å². The monoisotopic (exact) mass is 428 g/mol. The summed E-state index contributed by atoms with van der Waals surface area (Å²) >= 11 is 0. The molecular formula is C26H28N4O2. The third-order valence-electron chi connectivity index (χ3n) is 5.68. The van der Waals surface area contributed by atoms with Crippen molar-refractivity contribution in [1.29, 1.82) is 0 Å². The second-order valence-corrected chi connectivity index (χ2v) is 8.00. The molecule has 3 aromatic rings. The zero-order valence-corrected chi connectivity index (χ0v) is 18.3. The summed E-state index contributed by atoms with van der Waals surface area (Å²) in [6, 6.07) is 26.6. The summed E-state index contributed by atoms with van der Waals surface area (Å²) in [4.78, 5) is 32.1. The molecule has 164 valence electrons. The van der Waals surface area contributed by atoms with E-state index >= 15 is 0 Å². The summed E-state index contributed by atoms with van der Waals surface area (Å²) in [6.45, 7) is 4.34. The van der Waals surface area contributed by atoms with Gasteiger partial charge in [0.05, 0.1) is 6.54 Å². The lowest BCUT2D eigenvalue weighted by Gasteiger charge is -2.34. The third-order valence-corrected chi connectivity index (χ3v) is 5.68. The first kappa shape index (κ1) is 21.6. The zero-order chi connectivity index (χ0) is 22.3. The van der Waals surface area contributed by atoms with Crippen LogP contribution in [0.1, 0.15) is 5.56 Å². The van der Waals surface area contributed by atoms with Gasteiger partial charge in [-0.15, -0.1) is 0 Å². The van der Waals surface area contributed by atoms with Crippen molar-refractivity contribution in [1.82, 2.24) is 4.90 Å². The minimum absolute atomic E-state index is 0.319. The van der Waals surface area contributed by atoms with Crippen molar-refractivity contribution >= 4 is 28.9 Å². The van der Waals surface area contributed by atoms with Gasteiger partial charge in [-0.2, -0.15) is 0 Å². The van der Waals surface area contributed by atoms with Crippen LogP contribution in [0.2, 0.25) is 0 Å². The van der Waals surface area contributed by atoms with Crippen LogP contribution in [0.3, 0.4) is 0 Å². The SMILES string of the molecule is CN1CCN(c2ccc(NC(=O)C(=O)N(Cc3ccccc3)c3ccccc3)cc2)CC1. The Morgan fingerprint density at radius 2 is 1.41 bits per heavy atom. The molecule has 0 unspecified atom stereocenters. The number of carbonyl (C=O) groups is 2. The number of rotatable bonds is 5. The van der Waals surface area contributed by atoms with Gasteiger partial charge in [0.2, 0.25) is 0 Å². The molecule has 0 radical (unpaired) electrons. The third kappa shape index (κ3) is 5.34. The van der Waals surface area contributed by atoms with E-state index in [0.29, 0.717) is 17.9 Å². The molecule has 0 bridgehead atoms. The number of likely N-dealkylation sites (N-methyl/N-ethyl adjacent to an activating group) is 1. The molecule has 1 heterocycles. The van der Waals surface area contributed by atoms with Gasteiger partial charge < -0.3 is 15.1 Å². The van der Waals surface area contributed by atoms with Crippen molar-refractivity contribution in [3.05, 3.63) is 90.5 Å². The molecule has 0 saturated carbocycles. The van der Waals surface area contributed by atoms with Crippen molar-refractivity contribution in [3.8, 4) is 0 Å². The number of para-hydroxylation sites is 1. The van der Waals surface area contributed by atoms with Gasteiger partial charge in [0.1, 0.15) is 0 Å². The number of hydrogen-bond donors (Lipinski definition) is 1. The molecule has 32 heavy (non-hydrogen) atoms. The summed E-state index contributed by atoms with van der Waals surface area (Å²) in [6.07, 6.45) is 0. The lowest BCUT2D eigenvalue weighted by molar-refractivity contribution is -0.134. The van der Waals surface area contributed by atoms with Crippen molar-refractivity contribution in [3.63, 3.8) is 0 Å². The van der Waals surface area contributed by atoms with Gasteiger partial charge in [0.25, 0.3) is 0 Å². The van der Waals surface area contributed by atoms with Crippen molar-refractivity contribution < 1.29 is 9.59 Å². The van der Waals surface area contributed by atoms with Crippen LogP contribution < -0.4 is 15.1 Å². The molecule has 4 rings (SSSR count). The van der Waals surface area contributed by atoms with E-state index in [1.807, 2.05) is 84.9 Å². The van der Waals surface area contributed by atoms with E-state index in [0.717, 1.165) is 37.4 Å². The first-order valence-electron chi connectivity index (χ1n) is 10.9. The number of hydrogen-bond acceptors (Lipinski definition) is 4. The maximum absolute atomic E-state index is 13.1. The average molecular weight is 429 g/mol. The molecule has 0 aromatic heterocycles. The summed E-state index contributed by atoms with van der Waals surface area (Å²) < 4.78 is 0. The molecule has 6 heteroatoms. The summed E-state index contributed by atoms with van der Waals surface area (Å²) in [5.41, 5.74) is 3.36. The number of amides is 2. The smallest absolute Gasteiger partial charge is 0.316 e. The number of piperazine rings is 1. The van der Waals surface area contributed by atoms with Gasteiger partial charge in [-0.25, -0.2) is 0 Å². The predicted octanol–water partition coefficient (Wildman–Crippen LogP) is 3.61. The summed E-state index contributed by atoms with van der Waals surface area (Å²) in [5.74, 6) is -1.25. The number of anilines is 3. The van der Waals surface area contributed by atoms with Crippen LogP contribution in [0.4, 0.5) is 17.1 Å². The Kier molecular flexibility index (Phi) is 6.82. The summed E-state index contributed by atoms with van der Waals surface area (Å²) in [7, 11) is 2.13. The van der Waals surface area contributed by atoms with Gasteiger partial charge in [0, 0.05) is 43.2 Å². The fourth-order valence-corrected chi connectivity index (χ4v) is 3.78. The lowest BCUT2D eigenvalue weighted by Crippen LogP contribution is -2.44. The van der Waals surface area contributed by atoms with Gasteiger partial charge in [0.15, 0.2) is 0 Å². The van der Waals surface area contributed by atoms with Crippen LogP contribution >= 0.6 is 0 Å². The van der Waals surface area contributed by atoms with Gasteiger partial charge in [-0.05, 0) is 49.0 Å². The van der Waals surface area contributed by atoms with Crippen molar-refractivity contribution in [2.45, 2.75) is 6.54 Å². The summed E-state index contributed by atoms with van der Waals surface area (Å²) in [5, 5.41) is 2.76. The van der Waals surface area contributed by atoms with E-state index in [2.05, 4.69) is 22.2 Å². The zero-order valence-electron chi connectivity index (χ0n) is 18.3. The second-order valence-electron chi connectivity index (χ2n) is 8.00. The molecule has 3 aromatic carbocycles. The van der Waals surface area contributed by atoms with Gasteiger partial charge in [-0.1, -0.05) is 48.5 Å². The lowest BCUT2D eigenvalue weighted by atomic mass is 10.2. The van der Waals surface area contributed by atoms with E-state index < -0.39 is 11.8 Å². The fraction of sp³-hybridized carbons (Fsp3) is 0.231. The Morgan fingerprint density at radius 1 is 0.812 bits per heavy atom. The average Bonchev–Trinajstić information content (AvgIpc) is 2.84. The van der Waals surface area contributed by atoms with Crippen LogP contribution in [-0.2, 0) is 16.1 Å². The molecule has 1 fully saturated rings. The standard InChI is InChI=1S/C26H28N4O2/c1-28-16-18-29(19-17-28)23-14-12-22(13-15-23)27-25(31)26(32)30(24-10-6-3-7-11-24)20-21-8-4-2-5-9-21/h2-15H,16-20H2,1H3,(H,27,31). The highest BCUT2D eigenvalue weighted by molar-refractivity contribution is 6.44. The van der Waals surface area contributed by atoms with Crippen LogP contribution in [0.5, 0.6) is 0 Å². The minimum Gasteiger partial charge on any atom is -0.369 e. The Balaban J connectivity index is 1.45. The molecule has 0 aliphatic carbocycles. The Morgan fingerprint density at radius 3 is 2.03 bits per heavy atom. The van der Waals surface area contributed by atoms with Crippen LogP contribution in [0.15, 0.2) is 84.9 Å². The van der Waals surface area contributed by atoms with Crippen LogP contribution in [0, 0.1) is 0 Å². The first-order chi connectivity index (χ1) is 15.6. The maximum atomic E-state index is 13.1. The van der Waals surface area contributed by atoms with Crippen LogP contribution in [0.25, 0.3) is 0 Å². The molecular weight excluding hydrogens is 400 g/mol. The first-order valence-corrected chi connectivity index (χ1v) is 10.9. The van der Waals surface area contributed by atoms with Crippen LogP contribution in [-0.4, -0.2) is 49.9 Å². The fourth-order valence-electron chi connectivity index (χ4n) is 3.78. The number of nitrogens with one attached hydrogen (secondary N) is 1. The molecule has 1 N–H and O–H groups in total. The quantitative estimate of drug-likeness (QED) is 0.631. The van der Waals surface area contributed by atoms with E-state index in [1.165, 1.54) is 4.90 Å². The Bertz CT molecular complexity index is 1030. The molecule has 1 aliphatic heterocycles. The molecule has 0 atom stereocenters. The number of carbonyl (C=O) groups excluding carboxylic acids is 2. The second kappa shape index (κ2) is 10.1. The van der Waals surface area contributed by atoms with E-state index in [-0.39, 0.29) is 0 Å². The topological polar surface area (TPSA) is 55.9 Å². The highest BCUT2D eigenvalue weighted by Crippen LogP contribution is 2.21. The number of benzene rings is 3. The molecule has 2 amide bonds. The largest absolute Gasteiger partial charge is 0.369 e. The molecule has 6 nitrogen and oxygen atoms in total. The highest BCUT2D eigenvalue weighted by atomic mass is 16.2. The van der Waals surface area contributed by atoms with Crippen molar-refractivity contribution in [2.75, 3.05) is 48.3 Å². The van der Waals surface area contributed by atoms with E-state index in [1.54, 1.807) is 0 Å². The Labute approximate surface area is 189 Å². The molecule has 1 aliphatic rings. The predicted molar refractivity (Wildman–Crippen MR) is 129 cm³/mol. The molecule has 0 spiro atoms. The highest BCUT2D eigenvalue weighted by Gasteiger charge is 2.24. The molecule has 1 saturated heterocycles. The Hall–Kier alpha value is -3.64. The minimum atomic E-state index is -0.655. The number of nitrogens with zero attached hydrogens (tertiary/aromatic N) is 3. The van der Waals surface area contributed by atoms with E-state index in [4.69, 9.17) is 0 Å². The van der Waals surface area contributed by atoms with Gasteiger partial charge >= 0.3 is 11.8 Å². The van der Waals surface area contributed by atoms with E-state index in [9.17, 15) is 9.59 Å².